The Balaban J connectivity index is 1.80. The molecule has 0 radical (unpaired) electrons. The molecule has 0 aromatic heterocycles. The van der Waals surface area contributed by atoms with E-state index in [1.807, 2.05) is 17.0 Å². The Kier molecular flexibility index (Phi) is 4.64. The van der Waals surface area contributed by atoms with Crippen LogP contribution in [0.1, 0.15) is 25.3 Å². The van der Waals surface area contributed by atoms with Gasteiger partial charge in [-0.2, -0.15) is 0 Å². The van der Waals surface area contributed by atoms with Gasteiger partial charge in [0.2, 0.25) is 5.91 Å². The number of likely N-dealkylation sites (N-methyl/N-ethyl adjacent to an activating group) is 1. The van der Waals surface area contributed by atoms with Crippen LogP contribution >= 0.6 is 0 Å². The molecular weight excluding hydrogens is 304 g/mol. The molecule has 1 aromatic carbocycles. The lowest BCUT2D eigenvalue weighted by atomic mass is 9.96. The number of primary amides is 1. The third-order valence-corrected chi connectivity index (χ3v) is 5.18. The highest BCUT2D eigenvalue weighted by Gasteiger charge is 2.34. The number of hydrogen-bond acceptors (Lipinski definition) is 3. The number of likely N-dealkylation sites (tertiary alicyclic amines) is 1. The maximum Gasteiger partial charge on any atom is 0.314 e. The van der Waals surface area contributed by atoms with Gasteiger partial charge in [0, 0.05) is 45.0 Å². The van der Waals surface area contributed by atoms with Gasteiger partial charge in [-0.05, 0) is 31.4 Å². The number of carbonyl (C=O) groups is 2. The summed E-state index contributed by atoms with van der Waals surface area (Å²) in [6.45, 7) is 4.60. The molecule has 6 heteroatoms. The fraction of sp³-hybridized carbons (Fsp3) is 0.556. The van der Waals surface area contributed by atoms with Crippen LogP contribution in [0.5, 0.6) is 0 Å². The van der Waals surface area contributed by atoms with Gasteiger partial charge in [0.15, 0.2) is 0 Å². The van der Waals surface area contributed by atoms with Crippen LogP contribution < -0.4 is 10.6 Å². The molecule has 2 atom stereocenters. The average molecular weight is 330 g/mol. The van der Waals surface area contributed by atoms with Crippen molar-refractivity contribution in [3.63, 3.8) is 0 Å². The number of hydrogen-bond donors (Lipinski definition) is 1. The molecule has 0 saturated carbocycles. The van der Waals surface area contributed by atoms with Crippen molar-refractivity contribution in [3.05, 3.63) is 29.8 Å². The Bertz CT molecular complexity index is 633. The first kappa shape index (κ1) is 16.6. The van der Waals surface area contributed by atoms with E-state index in [4.69, 9.17) is 5.73 Å². The van der Waals surface area contributed by atoms with Gasteiger partial charge in [-0.25, -0.2) is 4.79 Å². The highest BCUT2D eigenvalue weighted by atomic mass is 16.2. The summed E-state index contributed by atoms with van der Waals surface area (Å²) in [5, 5.41) is 0. The Morgan fingerprint density at radius 2 is 1.96 bits per heavy atom. The van der Waals surface area contributed by atoms with Crippen molar-refractivity contribution < 1.29 is 9.59 Å². The third-order valence-electron chi connectivity index (χ3n) is 5.18. The van der Waals surface area contributed by atoms with E-state index < -0.39 is 6.03 Å². The molecule has 2 heterocycles. The van der Waals surface area contributed by atoms with Crippen molar-refractivity contribution in [2.45, 2.75) is 32.4 Å². The molecule has 1 aromatic rings. The maximum atomic E-state index is 13.1. The number of carbonyl (C=O) groups excluding carboxylic acids is 2. The number of urea groups is 1. The Morgan fingerprint density at radius 3 is 2.71 bits per heavy atom. The minimum Gasteiger partial charge on any atom is -0.372 e. The van der Waals surface area contributed by atoms with Crippen molar-refractivity contribution in [1.82, 2.24) is 9.80 Å². The molecule has 0 spiro atoms. The summed E-state index contributed by atoms with van der Waals surface area (Å²) >= 11 is 0. The van der Waals surface area contributed by atoms with E-state index in [1.165, 1.54) is 11.3 Å². The lowest BCUT2D eigenvalue weighted by Crippen LogP contribution is -2.50. The fourth-order valence-electron chi connectivity index (χ4n) is 3.86. The molecule has 0 aliphatic carbocycles. The van der Waals surface area contributed by atoms with Gasteiger partial charge in [0.25, 0.3) is 0 Å². The molecule has 2 N–H and O–H groups in total. The normalized spacial score (nSPS) is 24.3. The summed E-state index contributed by atoms with van der Waals surface area (Å²) in [4.78, 5) is 30.3. The minimum atomic E-state index is -0.429. The molecule has 6 nitrogen and oxygen atoms in total. The summed E-state index contributed by atoms with van der Waals surface area (Å²) in [5.41, 5.74) is 7.75. The Labute approximate surface area is 143 Å². The van der Waals surface area contributed by atoms with Crippen LogP contribution in [0, 0.1) is 5.92 Å². The zero-order chi connectivity index (χ0) is 17.3. The molecule has 24 heavy (non-hydrogen) atoms. The molecule has 3 rings (SSSR count). The average Bonchev–Trinajstić information content (AvgIpc) is 2.71. The molecule has 1 saturated heterocycles. The summed E-state index contributed by atoms with van der Waals surface area (Å²) in [5.74, 6) is -0.0113. The van der Waals surface area contributed by atoms with E-state index in [0.717, 1.165) is 19.4 Å². The second kappa shape index (κ2) is 6.71. The molecule has 3 amide bonds. The molecule has 2 aliphatic heterocycles. The predicted molar refractivity (Wildman–Crippen MR) is 93.6 cm³/mol. The molecule has 0 bridgehead atoms. The highest BCUT2D eigenvalue weighted by Crippen LogP contribution is 2.28. The number of fused-ring (bicyclic) bond motifs is 1. The summed E-state index contributed by atoms with van der Waals surface area (Å²) in [6, 6.07) is 7.93. The molecule has 1 fully saturated rings. The smallest absolute Gasteiger partial charge is 0.314 e. The van der Waals surface area contributed by atoms with Crippen LogP contribution in [0.25, 0.3) is 0 Å². The Morgan fingerprint density at radius 1 is 1.21 bits per heavy atom. The first-order valence-electron chi connectivity index (χ1n) is 8.61. The number of rotatable bonds is 1. The van der Waals surface area contributed by atoms with E-state index in [9.17, 15) is 9.59 Å². The van der Waals surface area contributed by atoms with Crippen molar-refractivity contribution in [2.75, 3.05) is 31.6 Å². The van der Waals surface area contributed by atoms with Crippen molar-refractivity contribution in [2.24, 2.45) is 11.7 Å². The lowest BCUT2D eigenvalue weighted by molar-refractivity contribution is -0.139. The number of nitrogens with zero attached hydrogens (tertiary/aromatic N) is 3. The summed E-state index contributed by atoms with van der Waals surface area (Å²) in [6.07, 6.45) is 1.65. The van der Waals surface area contributed by atoms with Crippen LogP contribution in [-0.4, -0.2) is 54.5 Å². The second-order valence-electron chi connectivity index (χ2n) is 6.95. The topological polar surface area (TPSA) is 69.9 Å². The number of piperidine rings is 1. The fourth-order valence-corrected chi connectivity index (χ4v) is 3.86. The Hall–Kier alpha value is -2.24. The first-order valence-corrected chi connectivity index (χ1v) is 8.61. The molecule has 0 unspecified atom stereocenters. The second-order valence-corrected chi connectivity index (χ2v) is 6.95. The van der Waals surface area contributed by atoms with Gasteiger partial charge >= 0.3 is 6.03 Å². The standard InChI is InChI=1S/C18H26N4O2/c1-13-10-20(2)16-8-4-3-6-14(16)12-22(13)17(23)15-7-5-9-21(11-15)18(19)24/h3-4,6,8,13,15H,5,7,9-12H2,1-2H3,(H2,19,24)/t13-,15+/m1/s1. The van der Waals surface area contributed by atoms with Gasteiger partial charge in [-0.15, -0.1) is 0 Å². The number of benzene rings is 1. The van der Waals surface area contributed by atoms with E-state index in [1.54, 1.807) is 4.90 Å². The van der Waals surface area contributed by atoms with Crippen LogP contribution in [0.4, 0.5) is 10.5 Å². The van der Waals surface area contributed by atoms with Crippen molar-refractivity contribution >= 4 is 17.6 Å². The van der Waals surface area contributed by atoms with Crippen LogP contribution in [0.3, 0.4) is 0 Å². The minimum absolute atomic E-state index is 0.124. The molecule has 2 aliphatic rings. The third kappa shape index (κ3) is 3.18. The van der Waals surface area contributed by atoms with E-state index in [2.05, 4.69) is 31.0 Å². The molecular formula is C18H26N4O2. The van der Waals surface area contributed by atoms with Gasteiger partial charge < -0.3 is 20.4 Å². The van der Waals surface area contributed by atoms with Gasteiger partial charge in [-0.1, -0.05) is 18.2 Å². The van der Waals surface area contributed by atoms with Crippen LogP contribution in [0.15, 0.2) is 24.3 Å². The van der Waals surface area contributed by atoms with Crippen LogP contribution in [0.2, 0.25) is 0 Å². The predicted octanol–water partition coefficient (Wildman–Crippen LogP) is 1.64. The number of nitrogens with two attached hydrogens (primary N) is 1. The quantitative estimate of drug-likeness (QED) is 0.851. The number of anilines is 1. The zero-order valence-electron chi connectivity index (χ0n) is 14.4. The van der Waals surface area contributed by atoms with Gasteiger partial charge in [0.1, 0.15) is 0 Å². The number of amides is 3. The maximum absolute atomic E-state index is 13.1. The van der Waals surface area contributed by atoms with Crippen molar-refractivity contribution in [3.8, 4) is 0 Å². The first-order chi connectivity index (χ1) is 11.5. The number of para-hydroxylation sites is 1. The van der Waals surface area contributed by atoms with Crippen LogP contribution in [-0.2, 0) is 11.3 Å². The van der Waals surface area contributed by atoms with E-state index >= 15 is 0 Å². The highest BCUT2D eigenvalue weighted by molar-refractivity contribution is 5.81. The van der Waals surface area contributed by atoms with E-state index in [0.29, 0.717) is 19.6 Å². The zero-order valence-corrected chi connectivity index (χ0v) is 14.4. The summed E-state index contributed by atoms with van der Waals surface area (Å²) in [7, 11) is 2.07. The van der Waals surface area contributed by atoms with Gasteiger partial charge in [0.05, 0.1) is 5.92 Å². The SMILES string of the molecule is C[C@@H]1CN(C)c2ccccc2CN1C(=O)[C@H]1CCCN(C(N)=O)C1. The van der Waals surface area contributed by atoms with Gasteiger partial charge in [-0.3, -0.25) is 4.79 Å². The van der Waals surface area contributed by atoms with Crippen molar-refractivity contribution in [1.29, 1.82) is 0 Å². The monoisotopic (exact) mass is 330 g/mol. The summed E-state index contributed by atoms with van der Waals surface area (Å²) < 4.78 is 0. The largest absolute Gasteiger partial charge is 0.372 e. The lowest BCUT2D eigenvalue weighted by Gasteiger charge is -2.36. The molecule has 130 valence electrons. The van der Waals surface area contributed by atoms with E-state index in [-0.39, 0.29) is 17.9 Å².